The molecule has 0 aliphatic carbocycles. The Morgan fingerprint density at radius 1 is 1.10 bits per heavy atom. The van der Waals surface area contributed by atoms with E-state index in [1.807, 2.05) is 63.2 Å². The van der Waals surface area contributed by atoms with E-state index in [4.69, 9.17) is 0 Å². The zero-order chi connectivity index (χ0) is 20.4. The van der Waals surface area contributed by atoms with Crippen molar-refractivity contribution >= 4 is 22.8 Å². The molecule has 0 radical (unpaired) electrons. The Labute approximate surface area is 168 Å². The maximum absolute atomic E-state index is 12.4. The van der Waals surface area contributed by atoms with Gasteiger partial charge in [0.25, 0.3) is 0 Å². The molecule has 0 spiro atoms. The first-order valence-electron chi connectivity index (χ1n) is 9.42. The van der Waals surface area contributed by atoms with E-state index in [1.165, 1.54) is 0 Å². The monoisotopic (exact) mass is 386 g/mol. The Bertz CT molecular complexity index is 1170. The van der Waals surface area contributed by atoms with Crippen molar-refractivity contribution in [2.45, 2.75) is 26.8 Å². The number of aryl methyl sites for hydroxylation is 2. The molecule has 1 aromatic carbocycles. The molecule has 0 aliphatic rings. The van der Waals surface area contributed by atoms with Gasteiger partial charge in [0.2, 0.25) is 0 Å². The van der Waals surface area contributed by atoms with Gasteiger partial charge in [-0.1, -0.05) is 30.3 Å². The number of pyridine rings is 2. The van der Waals surface area contributed by atoms with Gasteiger partial charge in [0.1, 0.15) is 11.5 Å². The number of urea groups is 1. The number of rotatable bonds is 4. The summed E-state index contributed by atoms with van der Waals surface area (Å²) in [6.07, 6.45) is 1.77. The molecule has 3 N–H and O–H groups in total. The van der Waals surface area contributed by atoms with Gasteiger partial charge < -0.3 is 5.32 Å². The molecule has 0 saturated carbocycles. The van der Waals surface area contributed by atoms with Crippen molar-refractivity contribution in [1.29, 1.82) is 0 Å². The molecule has 0 aliphatic heterocycles. The molecule has 0 unspecified atom stereocenters. The number of nitrogens with zero attached hydrogens (tertiary/aromatic N) is 3. The van der Waals surface area contributed by atoms with Crippen molar-refractivity contribution in [3.63, 3.8) is 0 Å². The zero-order valence-electron chi connectivity index (χ0n) is 16.5. The number of carbonyl (C=O) groups is 1. The topological polar surface area (TPSA) is 95.6 Å². The summed E-state index contributed by atoms with van der Waals surface area (Å²) in [5.41, 5.74) is 5.35. The normalized spacial score (nSPS) is 12.0. The van der Waals surface area contributed by atoms with Crippen LogP contribution in [-0.2, 0) is 0 Å². The summed E-state index contributed by atoms with van der Waals surface area (Å²) in [6, 6.07) is 15.1. The number of hydrogen-bond acceptors (Lipinski definition) is 4. The van der Waals surface area contributed by atoms with Gasteiger partial charge in [0.05, 0.1) is 17.3 Å². The molecule has 3 aromatic heterocycles. The van der Waals surface area contributed by atoms with Crippen molar-refractivity contribution in [2.24, 2.45) is 0 Å². The number of carbonyl (C=O) groups excluding carboxylic acids is 1. The van der Waals surface area contributed by atoms with E-state index in [-0.39, 0.29) is 12.1 Å². The molecular formula is C22H22N6O. The standard InChI is InChI=1S/C22H22N6O/c1-13-11-17(9-10-23-13)21-20-15(3)24-19(12-18(20)27-28-21)26-22(29)25-14(2)16-7-5-4-6-8-16/h4-12,14H,1-3H3,(H,27,28)(H2,24,25,26,29)/t14-/m1/s1. The number of nitrogens with one attached hydrogen (secondary N) is 3. The SMILES string of the molecule is Cc1cc(-c2n[nH]c3cc(NC(=O)N[C@H](C)c4ccccc4)nc(C)c23)ccn1. The molecule has 0 bridgehead atoms. The highest BCUT2D eigenvalue weighted by atomic mass is 16.2. The fourth-order valence-corrected chi connectivity index (χ4v) is 3.37. The van der Waals surface area contributed by atoms with Crippen LogP contribution in [0, 0.1) is 13.8 Å². The van der Waals surface area contributed by atoms with Crippen molar-refractivity contribution < 1.29 is 4.79 Å². The van der Waals surface area contributed by atoms with Gasteiger partial charge in [-0.3, -0.25) is 15.4 Å². The molecule has 4 rings (SSSR count). The van der Waals surface area contributed by atoms with Gasteiger partial charge in [0, 0.05) is 28.9 Å². The number of H-pyrrole nitrogens is 1. The quantitative estimate of drug-likeness (QED) is 0.480. The minimum atomic E-state index is -0.308. The maximum Gasteiger partial charge on any atom is 0.320 e. The van der Waals surface area contributed by atoms with E-state index in [2.05, 4.69) is 30.8 Å². The second kappa shape index (κ2) is 7.71. The van der Waals surface area contributed by atoms with E-state index in [0.717, 1.165) is 39.1 Å². The Hall–Kier alpha value is -3.74. The fraction of sp³-hybridized carbons (Fsp3) is 0.182. The van der Waals surface area contributed by atoms with Gasteiger partial charge in [-0.25, -0.2) is 9.78 Å². The number of benzene rings is 1. The average Bonchev–Trinajstić information content (AvgIpc) is 3.13. The molecule has 7 nitrogen and oxygen atoms in total. The summed E-state index contributed by atoms with van der Waals surface area (Å²) in [4.78, 5) is 21.2. The summed E-state index contributed by atoms with van der Waals surface area (Å²) in [5.74, 6) is 0.467. The Kier molecular flexibility index (Phi) is 4.95. The van der Waals surface area contributed by atoms with Crippen molar-refractivity contribution in [2.75, 3.05) is 5.32 Å². The number of aromatic nitrogens is 4. The van der Waals surface area contributed by atoms with Crippen LogP contribution in [0.2, 0.25) is 0 Å². The number of hydrogen-bond donors (Lipinski definition) is 3. The molecule has 0 fully saturated rings. The fourth-order valence-electron chi connectivity index (χ4n) is 3.37. The Morgan fingerprint density at radius 2 is 1.90 bits per heavy atom. The number of amides is 2. The van der Waals surface area contributed by atoms with Crippen LogP contribution in [0.4, 0.5) is 10.6 Å². The second-order valence-corrected chi connectivity index (χ2v) is 7.00. The summed E-state index contributed by atoms with van der Waals surface area (Å²) >= 11 is 0. The van der Waals surface area contributed by atoms with E-state index >= 15 is 0 Å². The van der Waals surface area contributed by atoms with E-state index in [1.54, 1.807) is 12.3 Å². The van der Waals surface area contributed by atoms with Crippen LogP contribution in [0.25, 0.3) is 22.2 Å². The Balaban J connectivity index is 1.56. The summed E-state index contributed by atoms with van der Waals surface area (Å²) < 4.78 is 0. The molecule has 0 saturated heterocycles. The van der Waals surface area contributed by atoms with Gasteiger partial charge in [-0.05, 0) is 38.5 Å². The van der Waals surface area contributed by atoms with Crippen LogP contribution >= 0.6 is 0 Å². The molecule has 4 aromatic rings. The largest absolute Gasteiger partial charge is 0.331 e. The lowest BCUT2D eigenvalue weighted by molar-refractivity contribution is 0.249. The van der Waals surface area contributed by atoms with Crippen LogP contribution in [-0.4, -0.2) is 26.2 Å². The third-order valence-electron chi connectivity index (χ3n) is 4.78. The van der Waals surface area contributed by atoms with Crippen molar-refractivity contribution in [3.05, 3.63) is 71.7 Å². The average molecular weight is 386 g/mol. The smallest absolute Gasteiger partial charge is 0.320 e. The second-order valence-electron chi connectivity index (χ2n) is 7.00. The van der Waals surface area contributed by atoms with E-state index < -0.39 is 0 Å². The number of fused-ring (bicyclic) bond motifs is 1. The van der Waals surface area contributed by atoms with E-state index in [0.29, 0.717) is 5.82 Å². The maximum atomic E-state index is 12.4. The summed E-state index contributed by atoms with van der Waals surface area (Å²) in [5, 5.41) is 14.2. The van der Waals surface area contributed by atoms with Crippen LogP contribution in [0.15, 0.2) is 54.7 Å². The molecule has 1 atom stereocenters. The third-order valence-corrected chi connectivity index (χ3v) is 4.78. The van der Waals surface area contributed by atoms with Crippen LogP contribution in [0.3, 0.4) is 0 Å². The minimum absolute atomic E-state index is 0.116. The molecule has 2 amide bonds. The molecule has 7 heteroatoms. The van der Waals surface area contributed by atoms with Crippen LogP contribution in [0.5, 0.6) is 0 Å². The van der Waals surface area contributed by atoms with Crippen molar-refractivity contribution in [1.82, 2.24) is 25.5 Å². The zero-order valence-corrected chi connectivity index (χ0v) is 16.5. The van der Waals surface area contributed by atoms with E-state index in [9.17, 15) is 4.79 Å². The molecular weight excluding hydrogens is 364 g/mol. The number of anilines is 1. The first-order chi connectivity index (χ1) is 14.0. The highest BCUT2D eigenvalue weighted by molar-refractivity contribution is 5.97. The lowest BCUT2D eigenvalue weighted by atomic mass is 10.1. The van der Waals surface area contributed by atoms with Crippen molar-refractivity contribution in [3.8, 4) is 11.3 Å². The van der Waals surface area contributed by atoms with Crippen LogP contribution in [0.1, 0.15) is 29.9 Å². The van der Waals surface area contributed by atoms with Gasteiger partial charge in [-0.2, -0.15) is 5.10 Å². The molecule has 3 heterocycles. The predicted octanol–water partition coefficient (Wildman–Crippen LogP) is 4.52. The van der Waals surface area contributed by atoms with Gasteiger partial charge >= 0.3 is 6.03 Å². The predicted molar refractivity (Wildman–Crippen MR) is 114 cm³/mol. The number of aromatic amines is 1. The first kappa shape index (κ1) is 18.6. The summed E-state index contributed by atoms with van der Waals surface area (Å²) in [7, 11) is 0. The minimum Gasteiger partial charge on any atom is -0.331 e. The lowest BCUT2D eigenvalue weighted by Crippen LogP contribution is -2.31. The summed E-state index contributed by atoms with van der Waals surface area (Å²) in [6.45, 7) is 5.79. The first-order valence-corrected chi connectivity index (χ1v) is 9.42. The van der Waals surface area contributed by atoms with Gasteiger partial charge in [-0.15, -0.1) is 0 Å². The van der Waals surface area contributed by atoms with Gasteiger partial charge in [0.15, 0.2) is 0 Å². The van der Waals surface area contributed by atoms with Crippen LogP contribution < -0.4 is 10.6 Å². The Morgan fingerprint density at radius 3 is 2.66 bits per heavy atom. The third kappa shape index (κ3) is 3.94. The molecule has 146 valence electrons. The molecule has 29 heavy (non-hydrogen) atoms. The highest BCUT2D eigenvalue weighted by Crippen LogP contribution is 2.29. The highest BCUT2D eigenvalue weighted by Gasteiger charge is 2.15. The lowest BCUT2D eigenvalue weighted by Gasteiger charge is -2.15.